The van der Waals surface area contributed by atoms with E-state index in [0.29, 0.717) is 70.1 Å². The minimum atomic E-state index is -3.63. The van der Waals surface area contributed by atoms with E-state index in [0.717, 1.165) is 30.8 Å². The number of anilines is 1. The lowest BCUT2D eigenvalue weighted by atomic mass is 9.99. The molecule has 0 unspecified atom stereocenters. The van der Waals surface area contributed by atoms with Crippen LogP contribution in [-0.2, 0) is 37.6 Å². The normalized spacial score (nSPS) is 15.7. The van der Waals surface area contributed by atoms with Gasteiger partial charge in [0, 0.05) is 73.9 Å². The number of alkyl halides is 5. The predicted molar refractivity (Wildman–Crippen MR) is 359 cm³/mol. The van der Waals surface area contributed by atoms with Gasteiger partial charge in [-0.25, -0.2) is 22.0 Å². The molecular weight excluding hydrogens is 1460 g/mol. The number of H-pyrrole nitrogens is 1. The second-order valence-electron chi connectivity index (χ2n) is 21.8. The summed E-state index contributed by atoms with van der Waals surface area (Å²) in [5.41, 5.74) is 10.6. The Morgan fingerprint density at radius 2 is 1.02 bits per heavy atom. The van der Waals surface area contributed by atoms with Gasteiger partial charge in [-0.3, -0.25) is 33.6 Å². The van der Waals surface area contributed by atoms with Gasteiger partial charge in [0.15, 0.2) is 0 Å². The lowest BCUT2D eigenvalue weighted by molar-refractivity contribution is -0.144. The quantitative estimate of drug-likeness (QED) is 0.0588. The van der Waals surface area contributed by atoms with Crippen molar-refractivity contribution < 1.29 is 58.7 Å². The van der Waals surface area contributed by atoms with Gasteiger partial charge in [0.05, 0.1) is 72.4 Å². The molecule has 0 bridgehead atoms. The molecule has 500 valence electrons. The van der Waals surface area contributed by atoms with Gasteiger partial charge in [-0.2, -0.15) is 32.9 Å². The van der Waals surface area contributed by atoms with Gasteiger partial charge in [0.2, 0.25) is 11.8 Å². The first kappa shape index (κ1) is 72.6. The van der Waals surface area contributed by atoms with Crippen LogP contribution >= 0.6 is 47.8 Å². The van der Waals surface area contributed by atoms with Crippen LogP contribution in [0.5, 0.6) is 0 Å². The summed E-state index contributed by atoms with van der Waals surface area (Å²) >= 11 is 9.97. The number of nitrogens with one attached hydrogen (secondary N) is 4. The molecule has 8 aromatic carbocycles. The molecule has 6 N–H and O–H groups in total. The summed E-state index contributed by atoms with van der Waals surface area (Å²) < 4.78 is 125. The van der Waals surface area contributed by atoms with Crippen LogP contribution < -0.4 is 26.6 Å². The zero-order valence-corrected chi connectivity index (χ0v) is 56.0. The maximum atomic E-state index is 14.1. The predicted octanol–water partition coefficient (Wildman–Crippen LogP) is 15.1. The Kier molecular flexibility index (Phi) is 25.0. The third-order valence-corrected chi connectivity index (χ3v) is 16.5. The van der Waals surface area contributed by atoms with Crippen molar-refractivity contribution >= 4 is 110 Å². The van der Waals surface area contributed by atoms with Crippen molar-refractivity contribution in [2.75, 3.05) is 11.9 Å². The Bertz CT molecular complexity index is 4470. The molecule has 4 amide bonds. The van der Waals surface area contributed by atoms with Crippen molar-refractivity contribution in [1.82, 2.24) is 45.7 Å². The van der Waals surface area contributed by atoms with Crippen LogP contribution in [0, 0.1) is 29.1 Å². The van der Waals surface area contributed by atoms with Gasteiger partial charge >= 0.3 is 11.8 Å². The minimum absolute atomic E-state index is 0.0934. The lowest BCUT2D eigenvalue weighted by Gasteiger charge is -2.29. The van der Waals surface area contributed by atoms with Gasteiger partial charge < -0.3 is 26.6 Å². The van der Waals surface area contributed by atoms with Gasteiger partial charge in [0.1, 0.15) is 29.1 Å². The monoisotopic (exact) mass is 1520 g/mol. The highest BCUT2D eigenvalue weighted by Crippen LogP contribution is 2.39. The molecule has 5 heterocycles. The van der Waals surface area contributed by atoms with Gasteiger partial charge in [0.25, 0.3) is 11.8 Å². The molecule has 0 spiro atoms. The van der Waals surface area contributed by atoms with E-state index in [2.05, 4.69) is 89.9 Å². The van der Waals surface area contributed by atoms with E-state index in [1.165, 1.54) is 78.7 Å². The number of halogens is 12. The molecule has 11 aromatic rings. The second kappa shape index (κ2) is 33.0. The first-order chi connectivity index (χ1) is 45.8. The third kappa shape index (κ3) is 19.1. The number of benzene rings is 8. The number of carbonyl (C=O) groups excluding carboxylic acids is 4. The van der Waals surface area contributed by atoms with E-state index in [9.17, 15) is 58.7 Å². The molecule has 2 aliphatic rings. The largest absolute Gasteiger partial charge is 0.347 e. The summed E-state index contributed by atoms with van der Waals surface area (Å²) in [4.78, 5) is 49.3. The highest BCUT2D eigenvalue weighted by molar-refractivity contribution is 9.10. The Morgan fingerprint density at radius 3 is 1.52 bits per heavy atom. The van der Waals surface area contributed by atoms with E-state index in [-0.39, 0.29) is 42.7 Å². The summed E-state index contributed by atoms with van der Waals surface area (Å²) in [7, 11) is 1.50. The number of fused-ring (bicyclic) bond motifs is 3. The van der Waals surface area contributed by atoms with Gasteiger partial charge in [-0.1, -0.05) is 127 Å². The number of aromatic amines is 1. The Morgan fingerprint density at radius 1 is 0.562 bits per heavy atom. The van der Waals surface area contributed by atoms with Crippen LogP contribution in [0.4, 0.5) is 45.2 Å². The molecular formula is C69H61Br3F9N11O4. The van der Waals surface area contributed by atoms with Crippen LogP contribution in [-0.4, -0.2) is 84.4 Å². The van der Waals surface area contributed by atoms with Gasteiger partial charge in [-0.05, 0) is 121 Å². The van der Waals surface area contributed by atoms with E-state index in [4.69, 9.17) is 0 Å². The van der Waals surface area contributed by atoms with Crippen LogP contribution in [0.15, 0.2) is 203 Å². The van der Waals surface area contributed by atoms with Crippen molar-refractivity contribution in [2.45, 2.75) is 81.1 Å². The van der Waals surface area contributed by atoms with Crippen LogP contribution in [0.25, 0.3) is 32.7 Å². The van der Waals surface area contributed by atoms with E-state index < -0.39 is 65.4 Å². The van der Waals surface area contributed by atoms with Crippen LogP contribution in [0.2, 0.25) is 0 Å². The van der Waals surface area contributed by atoms with Crippen molar-refractivity contribution in [3.05, 3.63) is 260 Å². The van der Waals surface area contributed by atoms with Crippen molar-refractivity contribution in [1.29, 1.82) is 0 Å². The lowest BCUT2D eigenvalue weighted by Crippen LogP contribution is -2.46. The van der Waals surface area contributed by atoms with Crippen molar-refractivity contribution in [3.8, 4) is 0 Å². The molecule has 2 aliphatic heterocycles. The second-order valence-corrected chi connectivity index (χ2v) is 24.2. The zero-order chi connectivity index (χ0) is 69.4. The summed E-state index contributed by atoms with van der Waals surface area (Å²) in [5, 5.41) is 25.9. The number of hydrogen-bond donors (Lipinski definition) is 5. The molecule has 0 radical (unpaired) electrons. The molecule has 0 saturated carbocycles. The average molecular weight is 1520 g/mol. The van der Waals surface area contributed by atoms with E-state index >= 15 is 0 Å². The molecule has 2 fully saturated rings. The first-order valence-corrected chi connectivity index (χ1v) is 32.0. The number of rotatable bonds is 12. The van der Waals surface area contributed by atoms with Crippen molar-refractivity contribution in [3.63, 3.8) is 0 Å². The Balaban J connectivity index is 0.000000168. The summed E-state index contributed by atoms with van der Waals surface area (Å²) in [5.74, 6) is -12.5. The first-order valence-electron chi connectivity index (χ1n) is 29.3. The average Bonchev–Trinajstić information content (AvgIpc) is 1.60. The molecule has 4 atom stereocenters. The van der Waals surface area contributed by atoms with Crippen LogP contribution in [0.3, 0.4) is 0 Å². The minimum Gasteiger partial charge on any atom is -0.347 e. The molecule has 13 rings (SSSR count). The highest BCUT2D eigenvalue weighted by Gasteiger charge is 2.45. The van der Waals surface area contributed by atoms with E-state index in [1.807, 2.05) is 48.5 Å². The molecule has 0 aliphatic carbocycles. The highest BCUT2D eigenvalue weighted by atomic mass is 79.9. The number of amides is 4. The topological polar surface area (TPSA) is 198 Å². The summed E-state index contributed by atoms with van der Waals surface area (Å²) in [6, 6.07) is 44.3. The SMILES string of the molecule is Brc1ccc2[nH]ncc2c1.CC(F)(F)C(=O)N[C@H]1CC(=O)N(c2ccc3c(cnn3Cc3ccccc3F)c2)[C@@H]1c1ccc(F)cc1.CC(F)(F)C(=O)N[C@H]1CC(=O)N[C@@H]1c1ccc(F)cc1.CN.Fc1ccccc1CBr.Fc1ccccc1Cn1ncc2cc(Br)ccc21. The molecule has 27 heteroatoms. The molecule has 2 saturated heterocycles. The van der Waals surface area contributed by atoms with Gasteiger partial charge in [-0.15, -0.1) is 0 Å². The molecule has 3 aromatic heterocycles. The van der Waals surface area contributed by atoms with E-state index in [1.54, 1.807) is 88.6 Å². The Labute approximate surface area is 570 Å². The number of nitrogens with two attached hydrogens (primary N) is 1. The fourth-order valence-electron chi connectivity index (χ4n) is 10.2. The summed E-state index contributed by atoms with van der Waals surface area (Å²) in [6.45, 7) is 1.61. The number of nitrogens with zero attached hydrogens (tertiary/aromatic N) is 6. The maximum absolute atomic E-state index is 14.1. The van der Waals surface area contributed by atoms with Crippen LogP contribution in [0.1, 0.15) is 66.6 Å². The Hall–Kier alpha value is -9.18. The van der Waals surface area contributed by atoms with Crippen molar-refractivity contribution in [2.24, 2.45) is 5.73 Å². The smallest absolute Gasteiger partial charge is 0.321 e. The standard InChI is InChI=1S/C27H22F4N4O2.C14H10BrFN2.C13H13F3N2O2.C7H6BrF.C7H5BrN2.CH5N/c1-27(30,31)26(37)33-22-13-24(36)35(25(22)16-6-8-19(28)9-7-16)20-10-11-23-18(12-20)14-32-34(23)15-17-4-2-3-5-21(17)29;15-12-5-6-14-11(7-12)8-17-18(14)9-10-3-1-2-4-13(10)16;1-13(15,16)12(20)17-9-6-10(19)18-11(9)7-2-4-8(14)5-3-7;8-5-6-3-1-2-4-7(6)9;8-6-1-2-7-5(3-6)4-9-10-7;1-2/h2-12,14,22,25H,13,15H2,1H3,(H,33,37);1-8H,9H2;2-5,9,11H,6H2,1H3,(H,17,20)(H,18,19);1-4H,5H2;1-4H,(H,9,10);2H2,1H3/t22-,25+;;9-,11+;;;/m0.0.../s1. The fraction of sp³-hybridized carbons (Fsp3) is 0.203. The third-order valence-electron chi connectivity index (χ3n) is 14.9. The number of carbonyl (C=O) groups is 4. The number of aromatic nitrogens is 6. The summed E-state index contributed by atoms with van der Waals surface area (Å²) in [6.07, 6.45) is 4.88. The number of hydrogen-bond acceptors (Lipinski definition) is 8. The fourth-order valence-corrected chi connectivity index (χ4v) is 11.4. The zero-order valence-electron chi connectivity index (χ0n) is 51.2. The molecule has 96 heavy (non-hydrogen) atoms. The molecule has 15 nitrogen and oxygen atoms in total. The maximum Gasteiger partial charge on any atom is 0.321 e.